The minimum Gasteiger partial charge on any atom is -0.491 e. The Bertz CT molecular complexity index is 790. The summed E-state index contributed by atoms with van der Waals surface area (Å²) in [4.78, 5) is 13.1. The zero-order valence-electron chi connectivity index (χ0n) is 17.0. The number of carbonyl (C=O) groups is 1. The second-order valence-electron chi connectivity index (χ2n) is 6.91. The molecule has 3 unspecified atom stereocenters. The van der Waals surface area contributed by atoms with Gasteiger partial charge in [0.1, 0.15) is 36.9 Å². The Kier molecular flexibility index (Phi) is 8.76. The van der Waals surface area contributed by atoms with E-state index in [1.54, 1.807) is 55.5 Å². The highest BCUT2D eigenvalue weighted by Crippen LogP contribution is 2.31. The number of carbonyl (C=O) groups excluding carboxylic acids is 1. The van der Waals surface area contributed by atoms with E-state index in [0.717, 1.165) is 0 Å². The van der Waals surface area contributed by atoms with Crippen LogP contribution in [0.3, 0.4) is 0 Å². The lowest BCUT2D eigenvalue weighted by Crippen LogP contribution is -2.34. The van der Waals surface area contributed by atoms with Gasteiger partial charge in [-0.25, -0.2) is 0 Å². The van der Waals surface area contributed by atoms with Crippen molar-refractivity contribution in [3.63, 3.8) is 0 Å². The van der Waals surface area contributed by atoms with Crippen molar-refractivity contribution in [2.45, 2.75) is 24.7 Å². The van der Waals surface area contributed by atoms with Crippen LogP contribution in [0.1, 0.15) is 22.8 Å². The van der Waals surface area contributed by atoms with Gasteiger partial charge in [-0.1, -0.05) is 12.1 Å². The van der Waals surface area contributed by atoms with Crippen LogP contribution in [0.2, 0.25) is 0 Å². The monoisotopic (exact) mass is 420 g/mol. The molecule has 0 aromatic heterocycles. The Morgan fingerprint density at radius 1 is 0.867 bits per heavy atom. The molecule has 4 N–H and O–H groups in total. The zero-order chi connectivity index (χ0) is 22.1. The largest absolute Gasteiger partial charge is 0.491 e. The van der Waals surface area contributed by atoms with Crippen molar-refractivity contribution in [1.29, 1.82) is 0 Å². The predicted molar refractivity (Wildman–Crippen MR) is 109 cm³/mol. The molecule has 2 aromatic rings. The van der Waals surface area contributed by atoms with Crippen molar-refractivity contribution in [3.8, 4) is 11.5 Å². The molecular weight excluding hydrogens is 392 g/mol. The highest BCUT2D eigenvalue weighted by Gasteiger charge is 2.36. The molecule has 0 fully saturated rings. The van der Waals surface area contributed by atoms with Gasteiger partial charge >= 0.3 is 0 Å². The maximum Gasteiger partial charge on any atom is 0.198 e. The highest BCUT2D eigenvalue weighted by molar-refractivity contribution is 6.02. The summed E-state index contributed by atoms with van der Waals surface area (Å²) in [5.41, 5.74) is -0.198. The van der Waals surface area contributed by atoms with Crippen molar-refractivity contribution in [2.24, 2.45) is 0 Å². The van der Waals surface area contributed by atoms with E-state index in [-0.39, 0.29) is 25.6 Å². The zero-order valence-corrected chi connectivity index (χ0v) is 17.0. The third kappa shape index (κ3) is 6.01. The molecule has 0 amide bonds. The van der Waals surface area contributed by atoms with Gasteiger partial charge in [-0.15, -0.1) is 0 Å². The quantitative estimate of drug-likeness (QED) is 0.373. The molecule has 0 aliphatic heterocycles. The molecule has 0 heterocycles. The SMILES string of the molecule is COC(C)(C(=O)c1ccc(OCC(O)CO)cc1)c1ccc(OCC(O)CO)cc1. The summed E-state index contributed by atoms with van der Waals surface area (Å²) in [7, 11) is 1.45. The standard InChI is InChI=1S/C22H28O8/c1-22(28-2,16-5-9-20(10-6-16)30-14-18(26)12-24)21(27)15-3-7-19(8-4-15)29-13-17(25)11-23/h3-10,17-18,23-26H,11-14H2,1-2H3. The highest BCUT2D eigenvalue weighted by atomic mass is 16.5. The van der Waals surface area contributed by atoms with E-state index in [4.69, 9.17) is 24.4 Å². The fraction of sp³-hybridized carbons (Fsp3) is 0.409. The Balaban J connectivity index is 2.11. The van der Waals surface area contributed by atoms with Gasteiger partial charge in [-0.2, -0.15) is 0 Å². The number of methoxy groups -OCH3 is 1. The number of rotatable bonds is 12. The van der Waals surface area contributed by atoms with Crippen molar-refractivity contribution in [1.82, 2.24) is 0 Å². The third-order valence-electron chi connectivity index (χ3n) is 4.67. The van der Waals surface area contributed by atoms with Crippen LogP contribution in [0.15, 0.2) is 48.5 Å². The molecule has 3 atom stereocenters. The van der Waals surface area contributed by atoms with E-state index in [9.17, 15) is 15.0 Å². The topological polar surface area (TPSA) is 126 Å². The summed E-state index contributed by atoms with van der Waals surface area (Å²) >= 11 is 0. The fourth-order valence-electron chi connectivity index (χ4n) is 2.68. The summed E-state index contributed by atoms with van der Waals surface area (Å²) in [5.74, 6) is 0.699. The predicted octanol–water partition coefficient (Wildman–Crippen LogP) is 0.895. The number of benzene rings is 2. The van der Waals surface area contributed by atoms with Crippen LogP contribution in [0.25, 0.3) is 0 Å². The molecule has 8 nitrogen and oxygen atoms in total. The van der Waals surface area contributed by atoms with Crippen molar-refractivity contribution < 1.29 is 39.4 Å². The normalized spacial score (nSPS) is 15.1. The summed E-state index contributed by atoms with van der Waals surface area (Å²) in [6, 6.07) is 13.2. The van der Waals surface area contributed by atoms with Crippen LogP contribution in [-0.4, -0.2) is 72.0 Å². The number of hydrogen-bond donors (Lipinski definition) is 4. The number of aliphatic hydroxyl groups excluding tert-OH is 4. The first kappa shape index (κ1) is 23.8. The first-order valence-electron chi connectivity index (χ1n) is 9.48. The van der Waals surface area contributed by atoms with Gasteiger partial charge < -0.3 is 34.6 Å². The lowest BCUT2D eigenvalue weighted by molar-refractivity contribution is 0.0101. The molecule has 0 bridgehead atoms. The van der Waals surface area contributed by atoms with Gasteiger partial charge in [0.15, 0.2) is 11.4 Å². The van der Waals surface area contributed by atoms with Gasteiger partial charge in [0, 0.05) is 12.7 Å². The van der Waals surface area contributed by atoms with Crippen molar-refractivity contribution in [2.75, 3.05) is 33.5 Å². The van der Waals surface area contributed by atoms with Gasteiger partial charge in [0.2, 0.25) is 0 Å². The van der Waals surface area contributed by atoms with Crippen LogP contribution in [0.4, 0.5) is 0 Å². The van der Waals surface area contributed by atoms with E-state index in [2.05, 4.69) is 0 Å². The molecule has 8 heteroatoms. The molecule has 30 heavy (non-hydrogen) atoms. The average Bonchev–Trinajstić information content (AvgIpc) is 2.80. The van der Waals surface area contributed by atoms with E-state index >= 15 is 0 Å². The number of Topliss-reactive ketones (excluding diaryl/α,β-unsaturated/α-hetero) is 1. The Morgan fingerprint density at radius 2 is 1.30 bits per heavy atom. The lowest BCUT2D eigenvalue weighted by Gasteiger charge is -2.27. The van der Waals surface area contributed by atoms with Crippen LogP contribution in [0, 0.1) is 0 Å². The first-order valence-corrected chi connectivity index (χ1v) is 9.48. The number of ketones is 1. The van der Waals surface area contributed by atoms with Gasteiger partial charge in [-0.3, -0.25) is 4.79 Å². The summed E-state index contributed by atoms with van der Waals surface area (Å²) in [6.07, 6.45) is -1.93. The second kappa shape index (κ2) is 11.1. The molecule has 0 saturated heterocycles. The Hall–Kier alpha value is -2.49. The van der Waals surface area contributed by atoms with Gasteiger partial charge in [-0.05, 0) is 48.9 Å². The fourth-order valence-corrected chi connectivity index (χ4v) is 2.68. The average molecular weight is 420 g/mol. The van der Waals surface area contributed by atoms with Crippen LogP contribution >= 0.6 is 0 Å². The van der Waals surface area contributed by atoms with E-state index in [1.807, 2.05) is 0 Å². The smallest absolute Gasteiger partial charge is 0.198 e. The molecule has 2 rings (SSSR count). The molecule has 0 aliphatic carbocycles. The van der Waals surface area contributed by atoms with Crippen LogP contribution < -0.4 is 9.47 Å². The summed E-state index contributed by atoms with van der Waals surface area (Å²) < 4.78 is 16.3. The minimum atomic E-state index is -1.24. The van der Waals surface area contributed by atoms with Crippen molar-refractivity contribution in [3.05, 3.63) is 59.7 Å². The van der Waals surface area contributed by atoms with E-state index in [1.165, 1.54) is 7.11 Å². The maximum absolute atomic E-state index is 13.1. The molecule has 0 spiro atoms. The van der Waals surface area contributed by atoms with Crippen LogP contribution in [-0.2, 0) is 10.3 Å². The first-order chi connectivity index (χ1) is 14.3. The van der Waals surface area contributed by atoms with Crippen molar-refractivity contribution >= 4 is 5.78 Å². The lowest BCUT2D eigenvalue weighted by atomic mass is 9.87. The number of hydrogen-bond acceptors (Lipinski definition) is 8. The molecular formula is C22H28O8. The molecule has 164 valence electrons. The Labute approximate surface area is 175 Å². The second-order valence-corrected chi connectivity index (χ2v) is 6.91. The Morgan fingerprint density at radius 3 is 1.70 bits per heavy atom. The minimum absolute atomic E-state index is 0.0416. The van der Waals surface area contributed by atoms with E-state index < -0.39 is 24.4 Å². The summed E-state index contributed by atoms with van der Waals surface area (Å²) in [5, 5.41) is 36.4. The van der Waals surface area contributed by atoms with Crippen LogP contribution in [0.5, 0.6) is 11.5 Å². The van der Waals surface area contributed by atoms with Gasteiger partial charge in [0.05, 0.1) is 13.2 Å². The molecule has 0 saturated carbocycles. The summed E-state index contributed by atoms with van der Waals surface area (Å²) in [6.45, 7) is 0.793. The molecule has 2 aromatic carbocycles. The van der Waals surface area contributed by atoms with Gasteiger partial charge in [0.25, 0.3) is 0 Å². The number of aliphatic hydroxyl groups is 4. The molecule has 0 aliphatic rings. The molecule has 0 radical (unpaired) electrons. The third-order valence-corrected chi connectivity index (χ3v) is 4.67. The number of ether oxygens (including phenoxy) is 3. The maximum atomic E-state index is 13.1. The van der Waals surface area contributed by atoms with E-state index in [0.29, 0.717) is 22.6 Å².